The topological polar surface area (TPSA) is 126 Å². The van der Waals surface area contributed by atoms with Gasteiger partial charge in [-0.2, -0.15) is 0 Å². The van der Waals surface area contributed by atoms with Crippen LogP contribution in [0, 0.1) is 10.1 Å². The lowest BCUT2D eigenvalue weighted by molar-refractivity contribution is -0.384. The lowest BCUT2D eigenvalue weighted by Crippen LogP contribution is -2.39. The fraction of sp³-hybridized carbons (Fsp3) is 0.147. The number of carbonyl (C=O) groups excluding carboxylic acids is 1. The fourth-order valence-corrected chi connectivity index (χ4v) is 6.61. The van der Waals surface area contributed by atoms with Crippen LogP contribution < -0.4 is 19.6 Å². The van der Waals surface area contributed by atoms with E-state index >= 15 is 0 Å². The lowest BCUT2D eigenvalue weighted by Gasteiger charge is -2.22. The van der Waals surface area contributed by atoms with Crippen molar-refractivity contribution >= 4 is 52.3 Å². The Labute approximate surface area is 281 Å². The van der Waals surface area contributed by atoms with Crippen molar-refractivity contribution in [3.63, 3.8) is 0 Å². The van der Waals surface area contributed by atoms with Gasteiger partial charge in [-0.05, 0) is 61.9 Å². The van der Waals surface area contributed by atoms with Crippen LogP contribution >= 0.6 is 34.5 Å². The molecule has 0 saturated heterocycles. The average molecular weight is 691 g/mol. The van der Waals surface area contributed by atoms with Crippen molar-refractivity contribution in [2.75, 3.05) is 6.61 Å². The number of non-ortho nitro benzene ring substituents is 1. The largest absolute Gasteiger partial charge is 0.489 e. The molecule has 1 aliphatic heterocycles. The summed E-state index contributed by atoms with van der Waals surface area (Å²) in [7, 11) is 0. The van der Waals surface area contributed by atoms with Crippen LogP contribution in [0.4, 0.5) is 5.69 Å². The highest BCUT2D eigenvalue weighted by Gasteiger charge is 2.35. The molecule has 0 unspecified atom stereocenters. The Hall–Kier alpha value is -4.97. The number of hydrogen-bond acceptors (Lipinski definition) is 9. The van der Waals surface area contributed by atoms with Crippen LogP contribution in [0.15, 0.2) is 104 Å². The molecule has 3 aromatic carbocycles. The zero-order valence-electron chi connectivity index (χ0n) is 24.9. The molecule has 6 rings (SSSR count). The third-order valence-electron chi connectivity index (χ3n) is 7.34. The molecule has 238 valence electrons. The molecule has 0 spiro atoms. The number of fused-ring (bicyclic) bond motifs is 1. The van der Waals surface area contributed by atoms with Crippen LogP contribution in [0.5, 0.6) is 5.75 Å². The van der Waals surface area contributed by atoms with Crippen LogP contribution in [0.25, 0.3) is 17.4 Å². The van der Waals surface area contributed by atoms with E-state index in [-0.39, 0.29) is 35.8 Å². The first kappa shape index (κ1) is 32.0. The van der Waals surface area contributed by atoms with Gasteiger partial charge in [0, 0.05) is 33.3 Å². The Morgan fingerprint density at radius 3 is 2.62 bits per heavy atom. The first-order valence-corrected chi connectivity index (χ1v) is 15.9. The summed E-state index contributed by atoms with van der Waals surface area (Å²) < 4.78 is 19.2. The Balaban J connectivity index is 1.35. The van der Waals surface area contributed by atoms with Crippen molar-refractivity contribution in [1.29, 1.82) is 0 Å². The number of ether oxygens (including phenoxy) is 2. The molecule has 47 heavy (non-hydrogen) atoms. The molecule has 5 aromatic rings. The van der Waals surface area contributed by atoms with Gasteiger partial charge in [0.25, 0.3) is 11.2 Å². The number of nitrogens with zero attached hydrogens (tertiary/aromatic N) is 3. The van der Waals surface area contributed by atoms with Crippen molar-refractivity contribution in [3.8, 4) is 17.1 Å². The number of aromatic nitrogens is 1. The number of esters is 1. The number of carbonyl (C=O) groups is 1. The van der Waals surface area contributed by atoms with Gasteiger partial charge in [0.05, 0.1) is 27.3 Å². The molecule has 0 aliphatic carbocycles. The first-order chi connectivity index (χ1) is 22.6. The van der Waals surface area contributed by atoms with Crippen LogP contribution in [0.2, 0.25) is 10.0 Å². The molecule has 2 aromatic heterocycles. The summed E-state index contributed by atoms with van der Waals surface area (Å²) in [4.78, 5) is 43.0. The smallest absolute Gasteiger partial charge is 0.338 e. The molecular weight excluding hydrogens is 665 g/mol. The average Bonchev–Trinajstić information content (AvgIpc) is 3.65. The number of nitro groups is 1. The molecule has 13 heteroatoms. The highest BCUT2D eigenvalue weighted by molar-refractivity contribution is 7.07. The van der Waals surface area contributed by atoms with E-state index in [1.165, 1.54) is 28.0 Å². The SMILES string of the molecule is CCOC(=O)C1=C(C)N=c2s/c(=C\c3ccc(OCc4ccc(Cl)cc4Cl)cc3)c(=O)n2[C@H]1c1ccc(-c2cccc([N+](=O)[O-])c2)o1. The zero-order valence-corrected chi connectivity index (χ0v) is 27.3. The van der Waals surface area contributed by atoms with E-state index in [1.807, 2.05) is 12.1 Å². The molecule has 10 nitrogen and oxygen atoms in total. The summed E-state index contributed by atoms with van der Waals surface area (Å²) in [6, 6.07) is 20.7. The van der Waals surface area contributed by atoms with Crippen molar-refractivity contribution in [3.05, 3.63) is 147 Å². The maximum atomic E-state index is 14.0. The molecule has 0 saturated carbocycles. The molecule has 0 N–H and O–H groups in total. The van der Waals surface area contributed by atoms with Crippen LogP contribution in [-0.2, 0) is 16.1 Å². The molecule has 3 heterocycles. The molecule has 0 bridgehead atoms. The minimum Gasteiger partial charge on any atom is -0.489 e. The van der Waals surface area contributed by atoms with E-state index in [2.05, 4.69) is 4.99 Å². The number of hydrogen-bond donors (Lipinski definition) is 0. The molecule has 0 fully saturated rings. The van der Waals surface area contributed by atoms with Gasteiger partial charge in [-0.25, -0.2) is 9.79 Å². The predicted octanol–water partition coefficient (Wildman–Crippen LogP) is 6.85. The molecular formula is C34H25Cl2N3O7S. The third-order valence-corrected chi connectivity index (χ3v) is 8.91. The van der Waals surface area contributed by atoms with Crippen molar-refractivity contribution < 1.29 is 23.6 Å². The second-order valence-corrected chi connectivity index (χ2v) is 12.3. The number of rotatable bonds is 9. The highest BCUT2D eigenvalue weighted by Crippen LogP contribution is 2.35. The predicted molar refractivity (Wildman–Crippen MR) is 178 cm³/mol. The number of allylic oxidation sites excluding steroid dienone is 1. The zero-order chi connectivity index (χ0) is 33.2. The van der Waals surface area contributed by atoms with Crippen molar-refractivity contribution in [1.82, 2.24) is 4.57 Å². The number of thiazole rings is 1. The van der Waals surface area contributed by atoms with E-state index in [9.17, 15) is 19.7 Å². The Morgan fingerprint density at radius 2 is 1.89 bits per heavy atom. The van der Waals surface area contributed by atoms with E-state index in [0.717, 1.165) is 11.1 Å². The maximum absolute atomic E-state index is 14.0. The number of furan rings is 1. The summed E-state index contributed by atoms with van der Waals surface area (Å²) in [5.74, 6) is 0.599. The Morgan fingerprint density at radius 1 is 1.11 bits per heavy atom. The van der Waals surface area contributed by atoms with Gasteiger partial charge in [-0.1, -0.05) is 64.9 Å². The third kappa shape index (κ3) is 6.64. The van der Waals surface area contributed by atoms with Crippen molar-refractivity contribution in [2.45, 2.75) is 26.5 Å². The second kappa shape index (κ2) is 13.4. The van der Waals surface area contributed by atoms with Gasteiger partial charge in [0.1, 0.15) is 29.9 Å². The van der Waals surface area contributed by atoms with Gasteiger partial charge in [0.2, 0.25) is 0 Å². The monoisotopic (exact) mass is 689 g/mol. The normalized spacial score (nSPS) is 14.5. The second-order valence-electron chi connectivity index (χ2n) is 10.4. The van der Waals surface area contributed by atoms with Gasteiger partial charge in [0.15, 0.2) is 4.80 Å². The summed E-state index contributed by atoms with van der Waals surface area (Å²) >= 11 is 13.4. The standard InChI is InChI=1S/C34H25Cl2N3O7S/c1-3-44-33(41)30-19(2)37-34-38(31(30)28-14-13-27(46-28)21-5-4-6-24(16-21)39(42)43)32(40)29(47-34)15-20-7-11-25(12-8-20)45-18-22-9-10-23(35)17-26(22)36/h4-17,31H,3,18H2,1-2H3/b29-15-/t31-/m0/s1. The minimum atomic E-state index is -0.977. The highest BCUT2D eigenvalue weighted by atomic mass is 35.5. The molecule has 0 radical (unpaired) electrons. The maximum Gasteiger partial charge on any atom is 0.338 e. The van der Waals surface area contributed by atoms with Gasteiger partial charge in [-0.3, -0.25) is 19.5 Å². The first-order valence-electron chi connectivity index (χ1n) is 14.3. The van der Waals surface area contributed by atoms with Crippen molar-refractivity contribution in [2.24, 2.45) is 4.99 Å². The minimum absolute atomic E-state index is 0.0954. The summed E-state index contributed by atoms with van der Waals surface area (Å²) in [6.07, 6.45) is 1.74. The quantitative estimate of drug-likeness (QED) is 0.0941. The van der Waals surface area contributed by atoms with Crippen LogP contribution in [-0.4, -0.2) is 22.1 Å². The van der Waals surface area contributed by atoms with E-state index in [0.29, 0.717) is 42.1 Å². The number of halogens is 2. The molecule has 0 amide bonds. The lowest BCUT2D eigenvalue weighted by atomic mass is 10.0. The number of benzene rings is 3. The molecule has 1 aliphatic rings. The number of nitro benzene ring substituents is 1. The van der Waals surface area contributed by atoms with Crippen LogP contribution in [0.3, 0.4) is 0 Å². The Kier molecular flexibility index (Phi) is 9.12. The fourth-order valence-electron chi connectivity index (χ4n) is 5.10. The van der Waals surface area contributed by atoms with E-state index < -0.39 is 16.9 Å². The summed E-state index contributed by atoms with van der Waals surface area (Å²) in [6.45, 7) is 3.74. The van der Waals surface area contributed by atoms with Gasteiger partial charge < -0.3 is 13.9 Å². The molecule has 1 atom stereocenters. The van der Waals surface area contributed by atoms with E-state index in [1.54, 1.807) is 74.5 Å². The van der Waals surface area contributed by atoms with Gasteiger partial charge in [-0.15, -0.1) is 0 Å². The Bertz CT molecular complexity index is 2240. The van der Waals surface area contributed by atoms with Crippen LogP contribution in [0.1, 0.15) is 36.8 Å². The van der Waals surface area contributed by atoms with Gasteiger partial charge >= 0.3 is 5.97 Å². The van der Waals surface area contributed by atoms with E-state index in [4.69, 9.17) is 37.1 Å². The summed E-state index contributed by atoms with van der Waals surface area (Å²) in [5, 5.41) is 12.4. The summed E-state index contributed by atoms with van der Waals surface area (Å²) in [5.41, 5.74) is 2.09.